The van der Waals surface area contributed by atoms with Gasteiger partial charge in [0.2, 0.25) is 0 Å². The van der Waals surface area contributed by atoms with Crippen molar-refractivity contribution in [3.8, 4) is 11.5 Å². The second-order valence-corrected chi connectivity index (χ2v) is 8.02. The van der Waals surface area contributed by atoms with Crippen LogP contribution < -0.4 is 9.47 Å². The Labute approximate surface area is 180 Å². The zero-order chi connectivity index (χ0) is 20.6. The van der Waals surface area contributed by atoms with Crippen molar-refractivity contribution in [2.45, 2.75) is 38.3 Å². The van der Waals surface area contributed by atoms with Gasteiger partial charge in [-0.15, -0.1) is 0 Å². The maximum Gasteiger partial charge on any atom is 0.122 e. The second kappa shape index (κ2) is 10.3. The summed E-state index contributed by atoms with van der Waals surface area (Å²) in [5, 5.41) is 0. The van der Waals surface area contributed by atoms with Crippen LogP contribution in [0.1, 0.15) is 29.5 Å². The standard InChI is InChI=1S/C27H31NO2/c1-29-27-12-6-5-10-24(27)17-19-28-18-7-11-25(28)20-22-13-15-26(16-14-22)30-21-23-8-3-2-4-9-23/h2-6,8-10,12-16,25H,7,11,17-21H2,1H3. The molecule has 4 rings (SSSR count). The van der Waals surface area contributed by atoms with E-state index in [-0.39, 0.29) is 0 Å². The van der Waals surface area contributed by atoms with E-state index in [1.165, 1.54) is 36.1 Å². The number of hydrogen-bond donors (Lipinski definition) is 0. The topological polar surface area (TPSA) is 21.7 Å². The monoisotopic (exact) mass is 401 g/mol. The van der Waals surface area contributed by atoms with E-state index in [4.69, 9.17) is 9.47 Å². The quantitative estimate of drug-likeness (QED) is 0.471. The number of hydrogen-bond acceptors (Lipinski definition) is 3. The van der Waals surface area contributed by atoms with Crippen molar-refractivity contribution in [1.29, 1.82) is 0 Å². The Bertz CT molecular complexity index is 908. The van der Waals surface area contributed by atoms with Crippen LogP contribution in [0.2, 0.25) is 0 Å². The van der Waals surface area contributed by atoms with E-state index >= 15 is 0 Å². The minimum Gasteiger partial charge on any atom is -0.496 e. The van der Waals surface area contributed by atoms with E-state index in [1.54, 1.807) is 7.11 Å². The van der Waals surface area contributed by atoms with Gasteiger partial charge in [0.1, 0.15) is 18.1 Å². The van der Waals surface area contributed by atoms with Crippen LogP contribution in [0.15, 0.2) is 78.9 Å². The number of ether oxygens (including phenoxy) is 2. The van der Waals surface area contributed by atoms with Gasteiger partial charge in [0.25, 0.3) is 0 Å². The summed E-state index contributed by atoms with van der Waals surface area (Å²) in [6.07, 6.45) is 4.70. The molecule has 1 fully saturated rings. The van der Waals surface area contributed by atoms with Crippen LogP contribution in [0.5, 0.6) is 11.5 Å². The molecular weight excluding hydrogens is 370 g/mol. The number of likely N-dealkylation sites (tertiary alicyclic amines) is 1. The van der Waals surface area contributed by atoms with E-state index in [9.17, 15) is 0 Å². The predicted octanol–water partition coefficient (Wildman–Crippen LogP) is 5.52. The molecule has 30 heavy (non-hydrogen) atoms. The summed E-state index contributed by atoms with van der Waals surface area (Å²) < 4.78 is 11.4. The molecular formula is C27H31NO2. The molecule has 0 bridgehead atoms. The van der Waals surface area contributed by atoms with Crippen molar-refractivity contribution in [1.82, 2.24) is 4.90 Å². The summed E-state index contributed by atoms with van der Waals surface area (Å²) in [5.41, 5.74) is 3.88. The Morgan fingerprint density at radius 1 is 0.867 bits per heavy atom. The van der Waals surface area contributed by atoms with Gasteiger partial charge in [0.05, 0.1) is 7.11 Å². The van der Waals surface area contributed by atoms with Crippen LogP contribution in [0.4, 0.5) is 0 Å². The van der Waals surface area contributed by atoms with Gasteiger partial charge < -0.3 is 9.47 Å². The highest BCUT2D eigenvalue weighted by Crippen LogP contribution is 2.24. The van der Waals surface area contributed by atoms with E-state index in [0.717, 1.165) is 30.9 Å². The van der Waals surface area contributed by atoms with Crippen molar-refractivity contribution in [3.63, 3.8) is 0 Å². The third-order valence-electron chi connectivity index (χ3n) is 6.00. The number of para-hydroxylation sites is 1. The highest BCUT2D eigenvalue weighted by Gasteiger charge is 2.24. The van der Waals surface area contributed by atoms with E-state index in [1.807, 2.05) is 24.3 Å². The zero-order valence-corrected chi connectivity index (χ0v) is 17.8. The lowest BCUT2D eigenvalue weighted by molar-refractivity contribution is 0.254. The molecule has 3 aromatic rings. The third kappa shape index (κ3) is 5.43. The van der Waals surface area contributed by atoms with Crippen LogP contribution in [-0.2, 0) is 19.4 Å². The highest BCUT2D eigenvalue weighted by molar-refractivity contribution is 5.33. The fourth-order valence-corrected chi connectivity index (χ4v) is 4.33. The first kappa shape index (κ1) is 20.5. The lowest BCUT2D eigenvalue weighted by Crippen LogP contribution is -2.33. The van der Waals surface area contributed by atoms with Gasteiger partial charge >= 0.3 is 0 Å². The summed E-state index contributed by atoms with van der Waals surface area (Å²) in [4.78, 5) is 2.65. The van der Waals surface area contributed by atoms with E-state index in [2.05, 4.69) is 59.5 Å². The van der Waals surface area contributed by atoms with Gasteiger partial charge in [-0.1, -0.05) is 60.7 Å². The molecule has 156 valence electrons. The molecule has 0 spiro atoms. The normalized spacial score (nSPS) is 16.5. The van der Waals surface area contributed by atoms with Gasteiger partial charge in [0, 0.05) is 12.6 Å². The maximum atomic E-state index is 5.93. The van der Waals surface area contributed by atoms with Crippen molar-refractivity contribution >= 4 is 0 Å². The first-order valence-corrected chi connectivity index (χ1v) is 10.9. The van der Waals surface area contributed by atoms with Gasteiger partial charge in [-0.05, 0) is 67.1 Å². The van der Waals surface area contributed by atoms with E-state index in [0.29, 0.717) is 12.6 Å². The molecule has 1 unspecified atom stereocenters. The van der Waals surface area contributed by atoms with Crippen LogP contribution in [0, 0.1) is 0 Å². The molecule has 3 heteroatoms. The van der Waals surface area contributed by atoms with Gasteiger partial charge in [-0.25, -0.2) is 0 Å². The SMILES string of the molecule is COc1ccccc1CCN1CCCC1Cc1ccc(OCc2ccccc2)cc1. The Morgan fingerprint density at radius 2 is 1.63 bits per heavy atom. The molecule has 0 saturated carbocycles. The Kier molecular flexibility index (Phi) is 7.04. The third-order valence-corrected chi connectivity index (χ3v) is 6.00. The molecule has 0 radical (unpaired) electrons. The smallest absolute Gasteiger partial charge is 0.122 e. The van der Waals surface area contributed by atoms with Crippen LogP contribution in [0.25, 0.3) is 0 Å². The van der Waals surface area contributed by atoms with E-state index < -0.39 is 0 Å². The lowest BCUT2D eigenvalue weighted by atomic mass is 10.0. The summed E-state index contributed by atoms with van der Waals surface area (Å²) in [6, 6.07) is 27.9. The lowest BCUT2D eigenvalue weighted by Gasteiger charge is -2.25. The molecule has 1 saturated heterocycles. The highest BCUT2D eigenvalue weighted by atomic mass is 16.5. The maximum absolute atomic E-state index is 5.93. The summed E-state index contributed by atoms with van der Waals surface area (Å²) in [6.45, 7) is 2.89. The number of nitrogens with zero attached hydrogens (tertiary/aromatic N) is 1. The van der Waals surface area contributed by atoms with Crippen molar-refractivity contribution in [3.05, 3.63) is 95.6 Å². The number of benzene rings is 3. The van der Waals surface area contributed by atoms with Gasteiger partial charge in [-0.3, -0.25) is 4.90 Å². The molecule has 0 amide bonds. The Morgan fingerprint density at radius 3 is 2.43 bits per heavy atom. The van der Waals surface area contributed by atoms with Gasteiger partial charge in [0.15, 0.2) is 0 Å². The largest absolute Gasteiger partial charge is 0.496 e. The summed E-state index contributed by atoms with van der Waals surface area (Å²) in [7, 11) is 1.75. The number of methoxy groups -OCH3 is 1. The molecule has 3 nitrogen and oxygen atoms in total. The minimum atomic E-state index is 0.611. The molecule has 1 aliphatic rings. The summed E-state index contributed by atoms with van der Waals surface area (Å²) >= 11 is 0. The van der Waals surface area contributed by atoms with Crippen LogP contribution in [-0.4, -0.2) is 31.1 Å². The Hall–Kier alpha value is -2.78. The van der Waals surface area contributed by atoms with Crippen LogP contribution in [0.3, 0.4) is 0 Å². The van der Waals surface area contributed by atoms with Crippen molar-refractivity contribution in [2.24, 2.45) is 0 Å². The van der Waals surface area contributed by atoms with Gasteiger partial charge in [-0.2, -0.15) is 0 Å². The van der Waals surface area contributed by atoms with Crippen LogP contribution >= 0.6 is 0 Å². The molecule has 0 N–H and O–H groups in total. The first-order valence-electron chi connectivity index (χ1n) is 10.9. The fraction of sp³-hybridized carbons (Fsp3) is 0.333. The molecule has 1 atom stereocenters. The second-order valence-electron chi connectivity index (χ2n) is 8.02. The average Bonchev–Trinajstić information content (AvgIpc) is 3.25. The summed E-state index contributed by atoms with van der Waals surface area (Å²) in [5.74, 6) is 1.93. The predicted molar refractivity (Wildman–Crippen MR) is 122 cm³/mol. The number of rotatable bonds is 9. The minimum absolute atomic E-state index is 0.611. The Balaban J connectivity index is 1.29. The molecule has 0 aliphatic carbocycles. The first-order chi connectivity index (χ1) is 14.8. The fourth-order valence-electron chi connectivity index (χ4n) is 4.33. The van der Waals surface area contributed by atoms with Crippen molar-refractivity contribution in [2.75, 3.05) is 20.2 Å². The van der Waals surface area contributed by atoms with Crippen molar-refractivity contribution < 1.29 is 9.47 Å². The molecule has 3 aromatic carbocycles. The molecule has 1 heterocycles. The molecule has 1 aliphatic heterocycles. The average molecular weight is 402 g/mol. The molecule has 0 aromatic heterocycles. The zero-order valence-electron chi connectivity index (χ0n) is 17.8.